The zero-order valence-corrected chi connectivity index (χ0v) is 36.5. The Morgan fingerprint density at radius 2 is 1.08 bits per heavy atom. The lowest BCUT2D eigenvalue weighted by molar-refractivity contribution is -0.135. The van der Waals surface area contributed by atoms with Crippen LogP contribution in [0.5, 0.6) is 11.5 Å². The molecule has 4 unspecified atom stereocenters. The maximum absolute atomic E-state index is 13.0. The Hall–Kier alpha value is -5.38. The summed E-state index contributed by atoms with van der Waals surface area (Å²) in [5.74, 6) is -2.43. The molecule has 2 aliphatic heterocycles. The lowest BCUT2D eigenvalue weighted by atomic mass is 9.92. The van der Waals surface area contributed by atoms with Crippen LogP contribution in [0.4, 0.5) is 0 Å². The third-order valence-corrected chi connectivity index (χ3v) is 11.7. The molecular formula is C38H52N8O12S2. The van der Waals surface area contributed by atoms with E-state index >= 15 is 0 Å². The van der Waals surface area contributed by atoms with E-state index in [9.17, 15) is 47.4 Å². The SMILES string of the molecule is COC(=O)c1nc2n(CC(=O)N3CC(C)CC(C)C3)cc(CS(C)(=O)=O)n2c(=O)c1O.COC(=O)c1nc2n(CC(=O)N3CC(C)CC(C)C3)cc(CSC)n2c(=O)c1O. The number of methoxy groups -OCH3 is 2. The molecule has 0 saturated carbocycles. The molecule has 2 fully saturated rings. The van der Waals surface area contributed by atoms with Crippen molar-refractivity contribution in [3.63, 3.8) is 0 Å². The van der Waals surface area contributed by atoms with Crippen molar-refractivity contribution in [3.8, 4) is 11.5 Å². The lowest BCUT2D eigenvalue weighted by Gasteiger charge is -2.35. The van der Waals surface area contributed by atoms with Crippen LogP contribution in [0.3, 0.4) is 0 Å². The van der Waals surface area contributed by atoms with Crippen LogP contribution in [0.15, 0.2) is 22.0 Å². The van der Waals surface area contributed by atoms with Gasteiger partial charge in [0, 0.05) is 50.6 Å². The molecule has 0 spiro atoms. The number of sulfone groups is 1. The number of fused-ring (bicyclic) bond motifs is 2. The van der Waals surface area contributed by atoms with Gasteiger partial charge in [0.05, 0.1) is 31.4 Å². The van der Waals surface area contributed by atoms with Gasteiger partial charge in [-0.2, -0.15) is 11.8 Å². The van der Waals surface area contributed by atoms with Crippen molar-refractivity contribution in [2.45, 2.75) is 65.1 Å². The minimum absolute atomic E-state index is 0.00481. The molecule has 2 N–H and O–H groups in total. The highest BCUT2D eigenvalue weighted by atomic mass is 32.2. The predicted molar refractivity (Wildman–Crippen MR) is 220 cm³/mol. The second-order valence-electron chi connectivity index (χ2n) is 16.0. The van der Waals surface area contributed by atoms with Gasteiger partial charge >= 0.3 is 23.1 Å². The van der Waals surface area contributed by atoms with E-state index in [0.29, 0.717) is 61.3 Å². The highest BCUT2D eigenvalue weighted by Crippen LogP contribution is 2.24. The number of rotatable bonds is 10. The summed E-state index contributed by atoms with van der Waals surface area (Å²) in [6, 6.07) is 0. The lowest BCUT2D eigenvalue weighted by Crippen LogP contribution is -2.44. The van der Waals surface area contributed by atoms with Crippen LogP contribution < -0.4 is 11.1 Å². The number of aromatic nitrogens is 6. The molecule has 6 rings (SSSR count). The van der Waals surface area contributed by atoms with Crippen LogP contribution in [0.25, 0.3) is 11.6 Å². The zero-order chi connectivity index (χ0) is 44.4. The van der Waals surface area contributed by atoms with Crippen molar-refractivity contribution < 1.29 is 47.3 Å². The number of imidazole rings is 2. The monoisotopic (exact) mass is 876 g/mol. The number of thioether (sulfide) groups is 1. The first-order valence-corrected chi connectivity index (χ1v) is 22.7. The molecule has 20 nitrogen and oxygen atoms in total. The number of carbonyl (C=O) groups is 4. The molecule has 4 aromatic rings. The van der Waals surface area contributed by atoms with E-state index in [2.05, 4.69) is 47.1 Å². The summed E-state index contributed by atoms with van der Waals surface area (Å²) in [6.45, 7) is 10.8. The number of nitrogens with zero attached hydrogens (tertiary/aromatic N) is 8. The Kier molecular flexibility index (Phi) is 14.1. The van der Waals surface area contributed by atoms with Gasteiger partial charge in [0.25, 0.3) is 0 Å². The number of carbonyl (C=O) groups excluding carboxylic acids is 4. The smallest absolute Gasteiger partial charge is 0.360 e. The molecule has 2 saturated heterocycles. The van der Waals surface area contributed by atoms with Gasteiger partial charge in [-0.1, -0.05) is 27.7 Å². The molecule has 0 aliphatic carbocycles. The number of hydrogen-bond donors (Lipinski definition) is 2. The Balaban J connectivity index is 0.000000228. The standard InChI is InChI=1S/C19H26N4O7S.C19H26N4O5S/c1-11-5-12(2)7-21(6-11)14(24)9-22-8-13(10-31(4,28)29)23-17(26)16(25)15(18(27)30-3)20-19(22)23;1-11-5-12(2)7-21(6-11)14(24)9-22-8-13(10-29-4)23-17(26)16(25)15(18(27)28-3)20-19(22)23/h8,11-12,25H,5-7,9-10H2,1-4H3;8,11-12,25H,5-7,9-10H2,1-4H3. The number of aromatic hydroxyl groups is 2. The van der Waals surface area contributed by atoms with E-state index in [1.54, 1.807) is 15.7 Å². The van der Waals surface area contributed by atoms with Crippen molar-refractivity contribution in [3.05, 3.63) is 55.9 Å². The van der Waals surface area contributed by atoms with Gasteiger partial charge in [-0.25, -0.2) is 36.8 Å². The molecule has 328 valence electrons. The summed E-state index contributed by atoms with van der Waals surface area (Å²) < 4.78 is 37.9. The molecule has 60 heavy (non-hydrogen) atoms. The van der Waals surface area contributed by atoms with Crippen molar-refractivity contribution in [2.75, 3.05) is 52.9 Å². The molecule has 2 amide bonds. The van der Waals surface area contributed by atoms with Gasteiger partial charge < -0.3 is 38.6 Å². The second-order valence-corrected chi connectivity index (χ2v) is 19.0. The topological polar surface area (TPSA) is 246 Å². The number of piperidine rings is 2. The van der Waals surface area contributed by atoms with E-state index in [4.69, 9.17) is 0 Å². The molecule has 4 aromatic heterocycles. The van der Waals surface area contributed by atoms with E-state index < -0.39 is 61.5 Å². The Morgan fingerprint density at radius 1 is 0.717 bits per heavy atom. The fourth-order valence-electron chi connectivity index (χ4n) is 8.05. The molecular weight excluding hydrogens is 825 g/mol. The minimum atomic E-state index is -3.55. The second kappa shape index (κ2) is 18.5. The number of amides is 2. The number of esters is 2. The quantitative estimate of drug-likeness (QED) is 0.214. The van der Waals surface area contributed by atoms with E-state index in [1.165, 1.54) is 26.9 Å². The van der Waals surface area contributed by atoms with Crippen LogP contribution in [-0.2, 0) is 53.5 Å². The van der Waals surface area contributed by atoms with E-state index in [-0.39, 0.29) is 42.2 Å². The summed E-state index contributed by atoms with van der Waals surface area (Å²) in [6.07, 6.45) is 8.00. The maximum atomic E-state index is 13.0. The molecule has 22 heteroatoms. The normalized spacial score (nSPS) is 19.5. The van der Waals surface area contributed by atoms with Gasteiger partial charge in [-0.05, 0) is 42.8 Å². The van der Waals surface area contributed by atoms with Gasteiger partial charge in [0.1, 0.15) is 13.1 Å². The van der Waals surface area contributed by atoms with Crippen LogP contribution in [0, 0.1) is 23.7 Å². The van der Waals surface area contributed by atoms with Crippen molar-refractivity contribution in [2.24, 2.45) is 23.7 Å². The number of ether oxygens (including phenoxy) is 2. The average molecular weight is 877 g/mol. The fourth-order valence-corrected chi connectivity index (χ4v) is 9.29. The summed E-state index contributed by atoms with van der Waals surface area (Å²) in [5, 5.41) is 20.3. The van der Waals surface area contributed by atoms with Gasteiger partial charge in [-0.3, -0.25) is 19.2 Å². The van der Waals surface area contributed by atoms with Gasteiger partial charge in [0.2, 0.25) is 34.9 Å². The van der Waals surface area contributed by atoms with Crippen LogP contribution in [0.2, 0.25) is 0 Å². The highest BCUT2D eigenvalue weighted by Gasteiger charge is 2.30. The van der Waals surface area contributed by atoms with E-state index in [1.807, 2.05) is 11.2 Å². The summed E-state index contributed by atoms with van der Waals surface area (Å²) >= 11 is 1.49. The highest BCUT2D eigenvalue weighted by molar-refractivity contribution is 7.97. The van der Waals surface area contributed by atoms with Crippen molar-refractivity contribution in [1.82, 2.24) is 37.7 Å². The van der Waals surface area contributed by atoms with Crippen LogP contribution >= 0.6 is 11.8 Å². The predicted octanol–water partition coefficient (Wildman–Crippen LogP) is 1.39. The molecule has 0 aromatic carbocycles. The molecule has 0 bridgehead atoms. The largest absolute Gasteiger partial charge is 0.501 e. The Bertz CT molecular complexity index is 2520. The summed E-state index contributed by atoms with van der Waals surface area (Å²) in [7, 11) is -1.33. The first-order valence-electron chi connectivity index (χ1n) is 19.2. The summed E-state index contributed by atoms with van der Waals surface area (Å²) in [4.78, 5) is 86.9. The van der Waals surface area contributed by atoms with Gasteiger partial charge in [0.15, 0.2) is 21.2 Å². The summed E-state index contributed by atoms with van der Waals surface area (Å²) in [5.41, 5.74) is -2.23. The first-order chi connectivity index (χ1) is 28.2. The molecule has 0 radical (unpaired) electrons. The van der Waals surface area contributed by atoms with E-state index in [0.717, 1.165) is 37.7 Å². The van der Waals surface area contributed by atoms with Crippen molar-refractivity contribution >= 4 is 56.9 Å². The first kappa shape index (κ1) is 45.7. The fraction of sp³-hybridized carbons (Fsp3) is 0.579. The van der Waals surface area contributed by atoms with Crippen LogP contribution in [0.1, 0.15) is 72.9 Å². The van der Waals surface area contributed by atoms with Gasteiger partial charge in [-0.15, -0.1) is 0 Å². The minimum Gasteiger partial charge on any atom is -0.501 e. The average Bonchev–Trinajstić information content (AvgIpc) is 3.68. The Labute approximate surface area is 350 Å². The third kappa shape index (κ3) is 9.96. The third-order valence-electron chi connectivity index (χ3n) is 10.3. The Morgan fingerprint density at radius 3 is 1.43 bits per heavy atom. The molecule has 2 aliphatic rings. The zero-order valence-electron chi connectivity index (χ0n) is 34.9. The van der Waals surface area contributed by atoms with Crippen molar-refractivity contribution in [1.29, 1.82) is 0 Å². The number of likely N-dealkylation sites (tertiary alicyclic amines) is 2. The molecule has 4 atom stereocenters. The van der Waals surface area contributed by atoms with Crippen LogP contribution in [-0.4, -0.2) is 133 Å². The maximum Gasteiger partial charge on any atom is 0.360 e. The molecule has 6 heterocycles. The number of hydrogen-bond acceptors (Lipinski definition) is 15.